The zero-order valence-electron chi connectivity index (χ0n) is 16.5. The summed E-state index contributed by atoms with van der Waals surface area (Å²) in [5.74, 6) is 0.0130. The predicted octanol–water partition coefficient (Wildman–Crippen LogP) is 3.31. The van der Waals surface area contributed by atoms with Crippen LogP contribution >= 0.6 is 0 Å². The molecular weight excluding hydrogens is 376 g/mol. The van der Waals surface area contributed by atoms with Gasteiger partial charge in [-0.1, -0.05) is 30.3 Å². The van der Waals surface area contributed by atoms with Crippen LogP contribution in [0.25, 0.3) is 0 Å². The molecule has 0 saturated carbocycles. The minimum atomic E-state index is -3.70. The second kappa shape index (κ2) is 8.32. The summed E-state index contributed by atoms with van der Waals surface area (Å²) in [6.07, 6.45) is 1.69. The van der Waals surface area contributed by atoms with E-state index < -0.39 is 10.0 Å². The summed E-state index contributed by atoms with van der Waals surface area (Å²) in [4.78, 5) is 14.7. The Bertz CT molecular complexity index is 938. The monoisotopic (exact) mass is 402 g/mol. The largest absolute Gasteiger partial charge is 0.495 e. The first-order valence-corrected chi connectivity index (χ1v) is 10.8. The third-order valence-corrected chi connectivity index (χ3v) is 7.20. The number of hydrogen-bond acceptors (Lipinski definition) is 4. The number of amides is 1. The first-order chi connectivity index (χ1) is 13.4. The molecular formula is C21H26N2O4S. The van der Waals surface area contributed by atoms with Gasteiger partial charge in [0.25, 0.3) is 5.91 Å². The van der Waals surface area contributed by atoms with Gasteiger partial charge in [-0.3, -0.25) is 4.79 Å². The summed E-state index contributed by atoms with van der Waals surface area (Å²) in [7, 11) is -0.543. The summed E-state index contributed by atoms with van der Waals surface area (Å²) < 4.78 is 32.8. The lowest BCUT2D eigenvalue weighted by molar-refractivity contribution is 0.0742. The van der Waals surface area contributed by atoms with Crippen LogP contribution in [-0.4, -0.2) is 50.8 Å². The Hall–Kier alpha value is -2.38. The van der Waals surface area contributed by atoms with Crippen molar-refractivity contribution in [3.63, 3.8) is 0 Å². The Morgan fingerprint density at radius 2 is 1.75 bits per heavy atom. The fraction of sp³-hybridized carbons (Fsp3) is 0.381. The second-order valence-electron chi connectivity index (χ2n) is 6.98. The maximum Gasteiger partial charge on any atom is 0.254 e. The number of benzene rings is 2. The zero-order chi connectivity index (χ0) is 20.3. The maximum atomic E-state index is 13.0. The normalized spacial score (nSPS) is 16.0. The van der Waals surface area contributed by atoms with Gasteiger partial charge in [0.1, 0.15) is 10.6 Å². The first-order valence-electron chi connectivity index (χ1n) is 9.36. The lowest BCUT2D eigenvalue weighted by Crippen LogP contribution is -2.31. The molecule has 1 atom stereocenters. The number of sulfonamides is 1. The third-order valence-electron chi connectivity index (χ3n) is 5.28. The van der Waals surface area contributed by atoms with Crippen molar-refractivity contribution in [2.24, 2.45) is 0 Å². The van der Waals surface area contributed by atoms with E-state index in [9.17, 15) is 13.2 Å². The molecule has 0 radical (unpaired) electrons. The number of nitrogens with zero attached hydrogens (tertiary/aromatic N) is 2. The summed E-state index contributed by atoms with van der Waals surface area (Å²) >= 11 is 0. The number of carbonyl (C=O) groups excluding carboxylic acids is 1. The maximum absolute atomic E-state index is 13.0. The van der Waals surface area contributed by atoms with Crippen molar-refractivity contribution < 1.29 is 17.9 Å². The van der Waals surface area contributed by atoms with Gasteiger partial charge >= 0.3 is 0 Å². The van der Waals surface area contributed by atoms with Gasteiger partial charge in [0.15, 0.2) is 0 Å². The van der Waals surface area contributed by atoms with E-state index in [1.165, 1.54) is 17.5 Å². The quantitative estimate of drug-likeness (QED) is 0.743. The van der Waals surface area contributed by atoms with Crippen LogP contribution in [0.4, 0.5) is 0 Å². The Morgan fingerprint density at radius 1 is 1.11 bits per heavy atom. The highest BCUT2D eigenvalue weighted by atomic mass is 32.2. The Labute approximate surface area is 166 Å². The van der Waals surface area contributed by atoms with Crippen molar-refractivity contribution in [1.29, 1.82) is 0 Å². The van der Waals surface area contributed by atoms with Gasteiger partial charge in [-0.15, -0.1) is 0 Å². The molecule has 0 bridgehead atoms. The molecule has 0 spiro atoms. The Balaban J connectivity index is 1.93. The van der Waals surface area contributed by atoms with E-state index in [0.29, 0.717) is 18.7 Å². The molecule has 2 aromatic carbocycles. The lowest BCUT2D eigenvalue weighted by Gasteiger charge is -2.26. The summed E-state index contributed by atoms with van der Waals surface area (Å²) in [6, 6.07) is 14.2. The molecule has 6 nitrogen and oxygen atoms in total. The van der Waals surface area contributed by atoms with E-state index in [1.807, 2.05) is 37.3 Å². The van der Waals surface area contributed by atoms with Crippen LogP contribution in [0.3, 0.4) is 0 Å². The predicted molar refractivity (Wildman–Crippen MR) is 108 cm³/mol. The van der Waals surface area contributed by atoms with Crippen LogP contribution in [0.5, 0.6) is 5.75 Å². The van der Waals surface area contributed by atoms with Gasteiger partial charge in [0, 0.05) is 25.7 Å². The van der Waals surface area contributed by atoms with Crippen molar-refractivity contribution in [3.8, 4) is 5.75 Å². The fourth-order valence-corrected chi connectivity index (χ4v) is 5.11. The van der Waals surface area contributed by atoms with Crippen molar-refractivity contribution in [1.82, 2.24) is 9.21 Å². The SMILES string of the molecule is COc1ccc(C(=O)N(C)C(C)c2ccccc2)cc1S(=O)(=O)N1CCCC1. The van der Waals surface area contributed by atoms with Crippen LogP contribution in [0.2, 0.25) is 0 Å². The molecule has 0 aliphatic carbocycles. The molecule has 1 unspecified atom stereocenters. The van der Waals surface area contributed by atoms with Crippen molar-refractivity contribution >= 4 is 15.9 Å². The fourth-order valence-electron chi connectivity index (χ4n) is 3.41. The van der Waals surface area contributed by atoms with Crippen molar-refractivity contribution in [3.05, 3.63) is 59.7 Å². The molecule has 150 valence electrons. The molecule has 1 aliphatic rings. The molecule has 3 rings (SSSR count). The summed E-state index contributed by atoms with van der Waals surface area (Å²) in [5.41, 5.74) is 1.33. The van der Waals surface area contributed by atoms with Gasteiger partial charge < -0.3 is 9.64 Å². The van der Waals surface area contributed by atoms with Gasteiger partial charge in [0.05, 0.1) is 13.2 Å². The molecule has 7 heteroatoms. The van der Waals surface area contributed by atoms with Crippen LogP contribution < -0.4 is 4.74 Å². The highest BCUT2D eigenvalue weighted by Crippen LogP contribution is 2.31. The highest BCUT2D eigenvalue weighted by Gasteiger charge is 2.31. The molecule has 1 aliphatic heterocycles. The van der Waals surface area contributed by atoms with Crippen molar-refractivity contribution in [2.75, 3.05) is 27.2 Å². The molecule has 0 aromatic heterocycles. The first kappa shape index (κ1) is 20.4. The minimum absolute atomic E-state index is 0.0449. The van der Waals surface area contributed by atoms with E-state index in [4.69, 9.17) is 4.74 Å². The Morgan fingerprint density at radius 3 is 2.36 bits per heavy atom. The van der Waals surface area contributed by atoms with E-state index in [0.717, 1.165) is 18.4 Å². The average molecular weight is 403 g/mol. The van der Waals surface area contributed by atoms with Gasteiger partial charge in [-0.25, -0.2) is 8.42 Å². The molecule has 1 saturated heterocycles. The molecule has 1 amide bonds. The lowest BCUT2D eigenvalue weighted by atomic mass is 10.1. The molecule has 0 N–H and O–H groups in total. The second-order valence-corrected chi connectivity index (χ2v) is 8.89. The molecule has 28 heavy (non-hydrogen) atoms. The van der Waals surface area contributed by atoms with E-state index in [2.05, 4.69) is 0 Å². The third kappa shape index (κ3) is 3.91. The van der Waals surface area contributed by atoms with E-state index in [-0.39, 0.29) is 22.6 Å². The zero-order valence-corrected chi connectivity index (χ0v) is 17.3. The van der Waals surface area contributed by atoms with Crippen LogP contribution in [-0.2, 0) is 10.0 Å². The number of hydrogen-bond donors (Lipinski definition) is 0. The van der Waals surface area contributed by atoms with Crippen LogP contribution in [0.15, 0.2) is 53.4 Å². The summed E-state index contributed by atoms with van der Waals surface area (Å²) in [6.45, 7) is 2.93. The van der Waals surface area contributed by atoms with Crippen molar-refractivity contribution in [2.45, 2.75) is 30.7 Å². The van der Waals surface area contributed by atoms with Gasteiger partial charge in [-0.05, 0) is 43.5 Å². The molecule has 1 heterocycles. The number of methoxy groups -OCH3 is 1. The van der Waals surface area contributed by atoms with Crippen LogP contribution in [0.1, 0.15) is 41.7 Å². The van der Waals surface area contributed by atoms with Gasteiger partial charge in [-0.2, -0.15) is 4.31 Å². The van der Waals surface area contributed by atoms with E-state index >= 15 is 0 Å². The Kier molecular flexibility index (Phi) is 6.05. The van der Waals surface area contributed by atoms with E-state index in [1.54, 1.807) is 24.1 Å². The number of rotatable bonds is 6. The number of ether oxygens (including phenoxy) is 1. The number of carbonyl (C=O) groups is 1. The minimum Gasteiger partial charge on any atom is -0.495 e. The van der Waals surface area contributed by atoms with Gasteiger partial charge in [0.2, 0.25) is 10.0 Å². The topological polar surface area (TPSA) is 66.9 Å². The smallest absolute Gasteiger partial charge is 0.254 e. The molecule has 2 aromatic rings. The highest BCUT2D eigenvalue weighted by molar-refractivity contribution is 7.89. The molecule has 1 fully saturated rings. The standard InChI is InChI=1S/C21H26N2O4S/c1-16(17-9-5-4-6-10-17)22(2)21(24)18-11-12-19(27-3)20(15-18)28(25,26)23-13-7-8-14-23/h4-6,9-12,15-16H,7-8,13-14H2,1-3H3. The van der Waals surface area contributed by atoms with Crippen LogP contribution in [0, 0.1) is 0 Å². The average Bonchev–Trinajstić information content (AvgIpc) is 3.28. The summed E-state index contributed by atoms with van der Waals surface area (Å²) in [5, 5.41) is 0.